The molecule has 0 aliphatic rings. The smallest absolute Gasteiger partial charge is 0.382 e. The molecule has 2 heterocycles. The van der Waals surface area contributed by atoms with Crippen LogP contribution in [0.2, 0.25) is 0 Å². The van der Waals surface area contributed by atoms with Crippen LogP contribution < -0.4 is 5.73 Å². The van der Waals surface area contributed by atoms with Gasteiger partial charge in [-0.2, -0.15) is 28.2 Å². The summed E-state index contributed by atoms with van der Waals surface area (Å²) in [5.74, 6) is -2.12. The van der Waals surface area contributed by atoms with Gasteiger partial charge in [-0.05, 0) is 24.3 Å². The van der Waals surface area contributed by atoms with E-state index in [1.165, 1.54) is 0 Å². The second kappa shape index (κ2) is 6.11. The molecule has 0 fully saturated rings. The number of benzene rings is 1. The van der Waals surface area contributed by atoms with Crippen molar-refractivity contribution in [2.75, 3.05) is 5.73 Å². The van der Waals surface area contributed by atoms with Gasteiger partial charge in [-0.3, -0.25) is 0 Å². The van der Waals surface area contributed by atoms with Crippen LogP contribution in [0.5, 0.6) is 0 Å². The molecule has 0 aliphatic carbocycles. The third kappa shape index (κ3) is 2.95. The molecule has 2 aromatic heterocycles. The maximum Gasteiger partial charge on any atom is 0.417 e. The molecular formula is C16H8F5N5. The topological polar surface area (TPSA) is 80.5 Å². The summed E-state index contributed by atoms with van der Waals surface area (Å²) in [4.78, 5) is 3.63. The van der Waals surface area contributed by atoms with E-state index in [1.807, 2.05) is 0 Å². The van der Waals surface area contributed by atoms with Crippen molar-refractivity contribution in [3.8, 4) is 23.1 Å². The van der Waals surface area contributed by atoms with E-state index in [2.05, 4.69) is 10.1 Å². The van der Waals surface area contributed by atoms with Crippen molar-refractivity contribution in [3.63, 3.8) is 0 Å². The molecule has 0 unspecified atom stereocenters. The van der Waals surface area contributed by atoms with E-state index in [0.29, 0.717) is 12.3 Å². The predicted octanol–water partition coefficient (Wildman–Crippen LogP) is 3.69. The fraction of sp³-hybridized carbons (Fsp3) is 0.0625. The number of rotatable bonds is 2. The number of pyridine rings is 1. The lowest BCUT2D eigenvalue weighted by atomic mass is 10.1. The van der Waals surface area contributed by atoms with E-state index in [9.17, 15) is 27.2 Å². The molecule has 5 nitrogen and oxygen atoms in total. The highest BCUT2D eigenvalue weighted by Gasteiger charge is 2.31. The molecule has 3 rings (SSSR count). The summed E-state index contributed by atoms with van der Waals surface area (Å²) >= 11 is 0. The maximum absolute atomic E-state index is 14.0. The molecule has 2 N–H and O–H groups in total. The second-order valence-corrected chi connectivity index (χ2v) is 5.16. The molecule has 0 amide bonds. The number of nitrogens with two attached hydrogens (primary N) is 1. The van der Waals surface area contributed by atoms with Gasteiger partial charge < -0.3 is 5.73 Å². The van der Waals surface area contributed by atoms with Crippen molar-refractivity contribution in [1.29, 1.82) is 5.26 Å². The van der Waals surface area contributed by atoms with E-state index >= 15 is 0 Å². The van der Waals surface area contributed by atoms with Gasteiger partial charge in [-0.1, -0.05) is 0 Å². The number of alkyl halides is 3. The average molecular weight is 365 g/mol. The number of hydrogen-bond acceptors (Lipinski definition) is 4. The van der Waals surface area contributed by atoms with Crippen LogP contribution in [-0.4, -0.2) is 14.8 Å². The van der Waals surface area contributed by atoms with Crippen LogP contribution in [0.3, 0.4) is 0 Å². The summed E-state index contributed by atoms with van der Waals surface area (Å²) in [6.45, 7) is 0. The van der Waals surface area contributed by atoms with E-state index in [1.54, 1.807) is 6.07 Å². The first-order valence-corrected chi connectivity index (χ1v) is 7.00. The molecule has 0 bridgehead atoms. The maximum atomic E-state index is 14.0. The summed E-state index contributed by atoms with van der Waals surface area (Å²) in [5, 5.41) is 13.2. The van der Waals surface area contributed by atoms with Crippen LogP contribution in [-0.2, 0) is 6.18 Å². The van der Waals surface area contributed by atoms with Crippen molar-refractivity contribution < 1.29 is 22.0 Å². The molecule has 1 aromatic carbocycles. The van der Waals surface area contributed by atoms with Crippen LogP contribution in [0.4, 0.5) is 27.8 Å². The van der Waals surface area contributed by atoms with E-state index in [-0.39, 0.29) is 28.5 Å². The van der Waals surface area contributed by atoms with Gasteiger partial charge in [0.2, 0.25) is 0 Å². The minimum atomic E-state index is -4.57. The first-order chi connectivity index (χ1) is 12.2. The Balaban J connectivity index is 2.13. The first kappa shape index (κ1) is 17.3. The summed E-state index contributed by atoms with van der Waals surface area (Å²) in [7, 11) is 0. The van der Waals surface area contributed by atoms with Gasteiger partial charge in [0.25, 0.3) is 0 Å². The lowest BCUT2D eigenvalue weighted by molar-refractivity contribution is -0.137. The second-order valence-electron chi connectivity index (χ2n) is 5.16. The average Bonchev–Trinajstić information content (AvgIpc) is 2.90. The van der Waals surface area contributed by atoms with Gasteiger partial charge in [0.05, 0.1) is 5.56 Å². The number of halogens is 5. The van der Waals surface area contributed by atoms with Gasteiger partial charge in [-0.25, -0.2) is 13.8 Å². The molecule has 0 spiro atoms. The highest BCUT2D eigenvalue weighted by atomic mass is 19.4. The zero-order valence-corrected chi connectivity index (χ0v) is 12.7. The van der Waals surface area contributed by atoms with Crippen LogP contribution in [0.15, 0.2) is 36.5 Å². The van der Waals surface area contributed by atoms with Crippen molar-refractivity contribution in [2.24, 2.45) is 0 Å². The summed E-state index contributed by atoms with van der Waals surface area (Å²) < 4.78 is 65.8. The van der Waals surface area contributed by atoms with Crippen molar-refractivity contribution in [2.45, 2.75) is 6.18 Å². The minimum absolute atomic E-state index is 0.0965. The lowest BCUT2D eigenvalue weighted by Gasteiger charge is -2.07. The molecule has 3 aromatic rings. The molecular weight excluding hydrogens is 357 g/mol. The molecule has 26 heavy (non-hydrogen) atoms. The molecule has 132 valence electrons. The van der Waals surface area contributed by atoms with Gasteiger partial charge in [0.1, 0.15) is 34.8 Å². The molecule has 0 radical (unpaired) electrons. The summed E-state index contributed by atoms with van der Waals surface area (Å²) in [6, 6.07) is 6.21. The highest BCUT2D eigenvalue weighted by Crippen LogP contribution is 2.32. The van der Waals surface area contributed by atoms with Crippen LogP contribution in [0.25, 0.3) is 17.1 Å². The van der Waals surface area contributed by atoms with Gasteiger partial charge in [-0.15, -0.1) is 0 Å². The van der Waals surface area contributed by atoms with Crippen LogP contribution in [0.1, 0.15) is 11.1 Å². The predicted molar refractivity (Wildman–Crippen MR) is 80.8 cm³/mol. The number of nitriles is 1. The van der Waals surface area contributed by atoms with Crippen molar-refractivity contribution in [3.05, 3.63) is 59.3 Å². The van der Waals surface area contributed by atoms with E-state index in [4.69, 9.17) is 5.73 Å². The Hall–Kier alpha value is -3.48. The number of nitrogen functional groups attached to an aromatic ring is 1. The zero-order chi connectivity index (χ0) is 19.1. The molecule has 0 aliphatic heterocycles. The Morgan fingerprint density at radius 2 is 1.85 bits per heavy atom. The molecule has 0 saturated carbocycles. The normalized spacial score (nSPS) is 11.4. The quantitative estimate of drug-likeness (QED) is 0.703. The summed E-state index contributed by atoms with van der Waals surface area (Å²) in [6.07, 6.45) is -3.98. The first-order valence-electron chi connectivity index (χ1n) is 7.00. The molecule has 0 saturated heterocycles. The fourth-order valence-corrected chi connectivity index (χ4v) is 2.27. The van der Waals surface area contributed by atoms with E-state index < -0.39 is 23.4 Å². The molecule has 0 atom stereocenters. The highest BCUT2D eigenvalue weighted by molar-refractivity contribution is 5.73. The van der Waals surface area contributed by atoms with Crippen molar-refractivity contribution >= 4 is 5.82 Å². The largest absolute Gasteiger partial charge is 0.417 e. The van der Waals surface area contributed by atoms with Crippen LogP contribution in [0, 0.1) is 23.0 Å². The fourth-order valence-electron chi connectivity index (χ4n) is 2.27. The van der Waals surface area contributed by atoms with Gasteiger partial charge >= 0.3 is 6.18 Å². The monoisotopic (exact) mass is 365 g/mol. The van der Waals surface area contributed by atoms with Crippen molar-refractivity contribution in [1.82, 2.24) is 14.8 Å². The number of anilines is 1. The number of nitrogens with zero attached hydrogens (tertiary/aromatic N) is 4. The number of aromatic nitrogens is 3. The number of hydrogen-bond donors (Lipinski definition) is 1. The standard InChI is InChI=1S/C16H8F5N5/c17-9-2-3-10(12(18)5-9)14-11(6-22)15(23)26(25-14)13-4-1-8(7-24-13)16(19,20)21/h1-5,7H,23H2. The SMILES string of the molecule is N#Cc1c(-c2ccc(F)cc2F)nn(-c2ccc(C(F)(F)F)cn2)c1N. The Labute approximate surface area is 143 Å². The Morgan fingerprint density at radius 3 is 2.38 bits per heavy atom. The van der Waals surface area contributed by atoms with Gasteiger partial charge in [0.15, 0.2) is 5.82 Å². The molecule has 10 heteroatoms. The van der Waals surface area contributed by atoms with E-state index in [0.717, 1.165) is 28.9 Å². The zero-order valence-electron chi connectivity index (χ0n) is 12.7. The van der Waals surface area contributed by atoms with Crippen LogP contribution >= 0.6 is 0 Å². The third-order valence-electron chi connectivity index (χ3n) is 3.51. The minimum Gasteiger partial charge on any atom is -0.382 e. The lowest BCUT2D eigenvalue weighted by Crippen LogP contribution is -2.08. The summed E-state index contributed by atoms with van der Waals surface area (Å²) in [5.41, 5.74) is 4.26. The van der Waals surface area contributed by atoms with Gasteiger partial charge in [0, 0.05) is 17.8 Å². The Kier molecular flexibility index (Phi) is 4.07. The Morgan fingerprint density at radius 1 is 1.12 bits per heavy atom. The third-order valence-corrected chi connectivity index (χ3v) is 3.51. The Bertz CT molecular complexity index is 1020.